The van der Waals surface area contributed by atoms with E-state index in [1.54, 1.807) is 10.9 Å². The average molecular weight is 312 g/mol. The smallest absolute Gasteiger partial charge is 0.173 e. The molecule has 0 N–H and O–H groups in total. The van der Waals surface area contributed by atoms with Crippen molar-refractivity contribution in [3.63, 3.8) is 0 Å². The zero-order valence-corrected chi connectivity index (χ0v) is 13.5. The Hall–Kier alpha value is -2.21. The minimum absolute atomic E-state index is 0.109. The second kappa shape index (κ2) is 5.88. The van der Waals surface area contributed by atoms with Gasteiger partial charge in [0.1, 0.15) is 11.4 Å². The van der Waals surface area contributed by atoms with Gasteiger partial charge in [-0.25, -0.2) is 9.97 Å². The third-order valence-corrected chi connectivity index (χ3v) is 4.52. The van der Waals surface area contributed by atoms with Crippen molar-refractivity contribution in [1.82, 2.24) is 19.7 Å². The molecule has 0 saturated carbocycles. The van der Waals surface area contributed by atoms with Crippen molar-refractivity contribution >= 4 is 28.6 Å². The Morgan fingerprint density at radius 1 is 1.27 bits per heavy atom. The summed E-state index contributed by atoms with van der Waals surface area (Å²) in [7, 11) is 1.84. The first-order chi connectivity index (χ1) is 10.6. The summed E-state index contributed by atoms with van der Waals surface area (Å²) in [5.41, 5.74) is 3.72. The van der Waals surface area contributed by atoms with Gasteiger partial charge in [-0.1, -0.05) is 35.5 Å². The molecule has 0 saturated heterocycles. The van der Waals surface area contributed by atoms with Gasteiger partial charge in [0, 0.05) is 12.6 Å². The van der Waals surface area contributed by atoms with Gasteiger partial charge >= 0.3 is 0 Å². The molecule has 2 heterocycles. The molecule has 22 heavy (non-hydrogen) atoms. The fourth-order valence-electron chi connectivity index (χ4n) is 2.39. The number of hydrogen-bond acceptors (Lipinski definition) is 5. The molecular weight excluding hydrogens is 296 g/mol. The molecule has 0 aliphatic heterocycles. The molecule has 0 aliphatic carbocycles. The number of ketones is 1. The Morgan fingerprint density at radius 2 is 2.09 bits per heavy atom. The normalized spacial score (nSPS) is 11.0. The van der Waals surface area contributed by atoms with Gasteiger partial charge in [-0.3, -0.25) is 9.48 Å². The Balaban J connectivity index is 1.80. The van der Waals surface area contributed by atoms with E-state index in [1.165, 1.54) is 18.1 Å². The van der Waals surface area contributed by atoms with E-state index >= 15 is 0 Å². The molecule has 0 amide bonds. The van der Waals surface area contributed by atoms with Gasteiger partial charge in [0.15, 0.2) is 11.4 Å². The van der Waals surface area contributed by atoms with Crippen molar-refractivity contribution in [2.24, 2.45) is 7.05 Å². The number of aryl methyl sites for hydroxylation is 3. The molecule has 5 nitrogen and oxygen atoms in total. The third kappa shape index (κ3) is 2.74. The SMILES string of the molecule is Cc1ccc(C(=O)CSc2ncnc3c2cnn3C)c(C)c1. The molecule has 112 valence electrons. The minimum Gasteiger partial charge on any atom is -0.293 e. The second-order valence-electron chi connectivity index (χ2n) is 5.21. The van der Waals surface area contributed by atoms with Crippen LogP contribution < -0.4 is 0 Å². The van der Waals surface area contributed by atoms with Crippen LogP contribution in [0.3, 0.4) is 0 Å². The lowest BCUT2D eigenvalue weighted by Gasteiger charge is -2.06. The Bertz CT molecular complexity index is 856. The van der Waals surface area contributed by atoms with Crippen LogP contribution in [0.25, 0.3) is 11.0 Å². The Morgan fingerprint density at radius 3 is 2.86 bits per heavy atom. The number of fused-ring (bicyclic) bond motifs is 1. The number of thioether (sulfide) groups is 1. The number of nitrogens with zero attached hydrogens (tertiary/aromatic N) is 4. The maximum absolute atomic E-state index is 12.4. The van der Waals surface area contributed by atoms with E-state index in [9.17, 15) is 4.79 Å². The van der Waals surface area contributed by atoms with Crippen molar-refractivity contribution in [3.8, 4) is 0 Å². The molecule has 0 aliphatic rings. The highest BCUT2D eigenvalue weighted by molar-refractivity contribution is 8.00. The van der Waals surface area contributed by atoms with Gasteiger partial charge in [0.05, 0.1) is 17.3 Å². The molecule has 3 aromatic rings. The summed E-state index contributed by atoms with van der Waals surface area (Å²) in [6.07, 6.45) is 3.24. The molecular formula is C16H16N4OS. The molecule has 0 fully saturated rings. The summed E-state index contributed by atoms with van der Waals surface area (Å²) in [6, 6.07) is 5.89. The van der Waals surface area contributed by atoms with Gasteiger partial charge < -0.3 is 0 Å². The van der Waals surface area contributed by atoms with E-state index < -0.39 is 0 Å². The first-order valence-electron chi connectivity index (χ1n) is 6.92. The summed E-state index contributed by atoms with van der Waals surface area (Å²) in [5, 5.41) is 5.85. The highest BCUT2D eigenvalue weighted by atomic mass is 32.2. The third-order valence-electron chi connectivity index (χ3n) is 3.52. The van der Waals surface area contributed by atoms with E-state index in [2.05, 4.69) is 15.1 Å². The van der Waals surface area contributed by atoms with Gasteiger partial charge in [0.2, 0.25) is 0 Å². The van der Waals surface area contributed by atoms with Gasteiger partial charge in [-0.2, -0.15) is 5.10 Å². The monoisotopic (exact) mass is 312 g/mol. The quantitative estimate of drug-likeness (QED) is 0.421. The fourth-order valence-corrected chi connectivity index (χ4v) is 3.24. The molecule has 6 heteroatoms. The molecule has 0 atom stereocenters. The van der Waals surface area contributed by atoms with Crippen molar-refractivity contribution in [2.75, 3.05) is 5.75 Å². The van der Waals surface area contributed by atoms with Crippen LogP contribution in [-0.4, -0.2) is 31.3 Å². The van der Waals surface area contributed by atoms with Crippen molar-refractivity contribution in [1.29, 1.82) is 0 Å². The van der Waals surface area contributed by atoms with Crippen LogP contribution in [0.1, 0.15) is 21.5 Å². The van der Waals surface area contributed by atoms with E-state index in [0.717, 1.165) is 32.7 Å². The predicted octanol–water partition coefficient (Wildman–Crippen LogP) is 2.96. The predicted molar refractivity (Wildman–Crippen MR) is 87.3 cm³/mol. The van der Waals surface area contributed by atoms with Crippen LogP contribution >= 0.6 is 11.8 Å². The lowest BCUT2D eigenvalue weighted by molar-refractivity contribution is 0.102. The first-order valence-corrected chi connectivity index (χ1v) is 7.91. The number of benzene rings is 1. The van der Waals surface area contributed by atoms with Crippen molar-refractivity contribution < 1.29 is 4.79 Å². The highest BCUT2D eigenvalue weighted by Crippen LogP contribution is 2.25. The molecule has 0 bridgehead atoms. The number of carbonyl (C=O) groups is 1. The average Bonchev–Trinajstić information content (AvgIpc) is 2.87. The van der Waals surface area contributed by atoms with Gasteiger partial charge in [-0.15, -0.1) is 0 Å². The topological polar surface area (TPSA) is 60.7 Å². The standard InChI is InChI=1S/C16H16N4OS/c1-10-4-5-12(11(2)6-10)14(21)8-22-16-13-7-19-20(3)15(13)17-9-18-16/h4-7,9H,8H2,1-3H3. The molecule has 0 unspecified atom stereocenters. The highest BCUT2D eigenvalue weighted by Gasteiger charge is 2.13. The van der Waals surface area contributed by atoms with Gasteiger partial charge in [-0.05, 0) is 19.4 Å². The van der Waals surface area contributed by atoms with Crippen molar-refractivity contribution in [2.45, 2.75) is 18.9 Å². The van der Waals surface area contributed by atoms with Crippen LogP contribution in [-0.2, 0) is 7.05 Å². The van der Waals surface area contributed by atoms with Crippen LogP contribution in [0.4, 0.5) is 0 Å². The largest absolute Gasteiger partial charge is 0.293 e. The van der Waals surface area contributed by atoms with E-state index in [4.69, 9.17) is 0 Å². The summed E-state index contributed by atoms with van der Waals surface area (Å²) in [5.74, 6) is 0.461. The first kappa shape index (κ1) is 14.7. The molecule has 3 rings (SSSR count). The zero-order valence-electron chi connectivity index (χ0n) is 12.7. The number of aromatic nitrogens is 4. The van der Waals surface area contributed by atoms with Crippen LogP contribution in [0.15, 0.2) is 35.7 Å². The lowest BCUT2D eigenvalue weighted by Crippen LogP contribution is -2.05. The summed E-state index contributed by atoms with van der Waals surface area (Å²) < 4.78 is 1.70. The minimum atomic E-state index is 0.109. The number of rotatable bonds is 4. The van der Waals surface area contributed by atoms with Crippen LogP contribution in [0, 0.1) is 13.8 Å². The summed E-state index contributed by atoms with van der Waals surface area (Å²) in [6.45, 7) is 3.99. The van der Waals surface area contributed by atoms with Crippen molar-refractivity contribution in [3.05, 3.63) is 47.4 Å². The van der Waals surface area contributed by atoms with Crippen LogP contribution in [0.5, 0.6) is 0 Å². The molecule has 0 radical (unpaired) electrons. The lowest BCUT2D eigenvalue weighted by atomic mass is 10.0. The number of carbonyl (C=O) groups excluding carboxylic acids is 1. The number of hydrogen-bond donors (Lipinski definition) is 0. The summed E-state index contributed by atoms with van der Waals surface area (Å²) >= 11 is 1.43. The van der Waals surface area contributed by atoms with E-state index in [0.29, 0.717) is 5.75 Å². The molecule has 0 spiro atoms. The maximum Gasteiger partial charge on any atom is 0.173 e. The number of Topliss-reactive ketones (excluding diaryl/α,β-unsaturated/α-hetero) is 1. The molecule has 1 aromatic carbocycles. The Kier molecular flexibility index (Phi) is 3.94. The fraction of sp³-hybridized carbons (Fsp3) is 0.250. The van der Waals surface area contributed by atoms with E-state index in [-0.39, 0.29) is 5.78 Å². The summed E-state index contributed by atoms with van der Waals surface area (Å²) in [4.78, 5) is 20.9. The van der Waals surface area contributed by atoms with Crippen LogP contribution in [0.2, 0.25) is 0 Å². The second-order valence-corrected chi connectivity index (χ2v) is 6.18. The Labute approximate surface area is 132 Å². The maximum atomic E-state index is 12.4. The van der Waals surface area contributed by atoms with Gasteiger partial charge in [0.25, 0.3) is 0 Å². The van der Waals surface area contributed by atoms with E-state index in [1.807, 2.05) is 39.1 Å². The molecule has 2 aromatic heterocycles. The zero-order chi connectivity index (χ0) is 15.7.